The standard InChI is InChI=1S/C15H18FNO2S/c1-15(2,5-6-18)9-17-14(19)13-7-10-3-4-11(16)8-12(10)20-13/h3-4,7-8,18H,5-6,9H2,1-2H3,(H,17,19). The monoisotopic (exact) mass is 295 g/mol. The van der Waals surface area contributed by atoms with Gasteiger partial charge >= 0.3 is 0 Å². The van der Waals surface area contributed by atoms with E-state index in [0.29, 0.717) is 17.8 Å². The van der Waals surface area contributed by atoms with Crippen LogP contribution in [0.5, 0.6) is 0 Å². The van der Waals surface area contributed by atoms with Gasteiger partial charge in [0.2, 0.25) is 0 Å². The molecule has 2 aromatic rings. The molecule has 1 heterocycles. The van der Waals surface area contributed by atoms with Crippen LogP contribution in [-0.2, 0) is 0 Å². The molecule has 0 spiro atoms. The van der Waals surface area contributed by atoms with Crippen molar-refractivity contribution in [2.75, 3.05) is 13.2 Å². The lowest BCUT2D eigenvalue weighted by Gasteiger charge is -2.23. The number of carbonyl (C=O) groups excluding carboxylic acids is 1. The second-order valence-corrected chi connectivity index (χ2v) is 6.70. The summed E-state index contributed by atoms with van der Waals surface area (Å²) < 4.78 is 13.9. The van der Waals surface area contributed by atoms with Crippen LogP contribution in [0.2, 0.25) is 0 Å². The molecule has 0 saturated carbocycles. The predicted molar refractivity (Wildman–Crippen MR) is 79.6 cm³/mol. The van der Waals surface area contributed by atoms with Gasteiger partial charge in [-0.1, -0.05) is 19.9 Å². The largest absolute Gasteiger partial charge is 0.396 e. The average molecular weight is 295 g/mol. The number of carbonyl (C=O) groups is 1. The first kappa shape index (κ1) is 14.9. The van der Waals surface area contributed by atoms with E-state index in [4.69, 9.17) is 5.11 Å². The number of amides is 1. The fraction of sp³-hybridized carbons (Fsp3) is 0.400. The lowest BCUT2D eigenvalue weighted by Crippen LogP contribution is -2.34. The maximum atomic E-state index is 13.1. The molecule has 1 aromatic heterocycles. The van der Waals surface area contributed by atoms with Crippen LogP contribution in [0.3, 0.4) is 0 Å². The zero-order valence-electron chi connectivity index (χ0n) is 11.6. The van der Waals surface area contributed by atoms with Crippen molar-refractivity contribution < 1.29 is 14.3 Å². The molecule has 0 atom stereocenters. The summed E-state index contributed by atoms with van der Waals surface area (Å²) in [6.45, 7) is 4.58. The minimum absolute atomic E-state index is 0.102. The first-order valence-electron chi connectivity index (χ1n) is 6.49. The average Bonchev–Trinajstić information content (AvgIpc) is 2.79. The predicted octanol–water partition coefficient (Wildman–Crippen LogP) is 3.18. The van der Waals surface area contributed by atoms with Gasteiger partial charge in [0.15, 0.2) is 0 Å². The van der Waals surface area contributed by atoms with E-state index in [0.717, 1.165) is 10.1 Å². The van der Waals surface area contributed by atoms with Crippen LogP contribution in [0.25, 0.3) is 10.1 Å². The normalized spacial score (nSPS) is 11.8. The lowest BCUT2D eigenvalue weighted by atomic mass is 9.90. The third-order valence-corrected chi connectivity index (χ3v) is 4.32. The van der Waals surface area contributed by atoms with E-state index in [2.05, 4.69) is 5.32 Å². The molecule has 108 valence electrons. The molecule has 1 aromatic carbocycles. The van der Waals surface area contributed by atoms with E-state index in [1.54, 1.807) is 12.1 Å². The Labute approximate surface area is 121 Å². The highest BCUT2D eigenvalue weighted by atomic mass is 32.1. The Hall–Kier alpha value is -1.46. The van der Waals surface area contributed by atoms with Gasteiger partial charge in [-0.15, -0.1) is 11.3 Å². The molecule has 0 fully saturated rings. The highest BCUT2D eigenvalue weighted by Crippen LogP contribution is 2.26. The zero-order chi connectivity index (χ0) is 14.8. The van der Waals surface area contributed by atoms with Gasteiger partial charge in [-0.2, -0.15) is 0 Å². The van der Waals surface area contributed by atoms with Crippen molar-refractivity contribution in [1.82, 2.24) is 5.32 Å². The van der Waals surface area contributed by atoms with E-state index >= 15 is 0 Å². The van der Waals surface area contributed by atoms with Gasteiger partial charge < -0.3 is 10.4 Å². The topological polar surface area (TPSA) is 49.3 Å². The SMILES string of the molecule is CC(C)(CCO)CNC(=O)c1cc2ccc(F)cc2s1. The molecule has 0 aliphatic rings. The first-order valence-corrected chi connectivity index (χ1v) is 7.31. The number of hydrogen-bond donors (Lipinski definition) is 2. The van der Waals surface area contributed by atoms with Gasteiger partial charge in [-0.05, 0) is 35.4 Å². The summed E-state index contributed by atoms with van der Waals surface area (Å²) in [6, 6.07) is 6.27. The fourth-order valence-corrected chi connectivity index (χ4v) is 2.92. The van der Waals surface area contributed by atoms with E-state index < -0.39 is 0 Å². The Bertz CT molecular complexity index is 621. The maximum absolute atomic E-state index is 13.1. The molecule has 0 aliphatic carbocycles. The molecule has 0 bridgehead atoms. The Balaban J connectivity index is 2.08. The van der Waals surface area contributed by atoms with E-state index in [-0.39, 0.29) is 23.7 Å². The van der Waals surface area contributed by atoms with E-state index in [1.165, 1.54) is 23.5 Å². The summed E-state index contributed by atoms with van der Waals surface area (Å²) in [6.07, 6.45) is 0.630. The fourth-order valence-electron chi connectivity index (χ4n) is 1.91. The van der Waals surface area contributed by atoms with Gasteiger partial charge in [0, 0.05) is 17.9 Å². The molecule has 3 nitrogen and oxygen atoms in total. The van der Waals surface area contributed by atoms with E-state index in [9.17, 15) is 9.18 Å². The van der Waals surface area contributed by atoms with Crippen molar-refractivity contribution in [1.29, 1.82) is 0 Å². The van der Waals surface area contributed by atoms with Crippen LogP contribution < -0.4 is 5.32 Å². The lowest BCUT2D eigenvalue weighted by molar-refractivity contribution is 0.0932. The number of rotatable bonds is 5. The van der Waals surface area contributed by atoms with Gasteiger partial charge in [0.1, 0.15) is 5.82 Å². The van der Waals surface area contributed by atoms with Gasteiger partial charge in [0.05, 0.1) is 4.88 Å². The third kappa shape index (κ3) is 3.55. The number of benzene rings is 1. The summed E-state index contributed by atoms with van der Waals surface area (Å²) in [5, 5.41) is 12.7. The number of fused-ring (bicyclic) bond motifs is 1. The first-order chi connectivity index (χ1) is 9.41. The number of halogens is 1. The van der Waals surface area contributed by atoms with Crippen molar-refractivity contribution in [3.63, 3.8) is 0 Å². The number of aliphatic hydroxyl groups is 1. The van der Waals surface area contributed by atoms with Crippen molar-refractivity contribution in [3.8, 4) is 0 Å². The molecule has 0 unspecified atom stereocenters. The number of hydrogen-bond acceptors (Lipinski definition) is 3. The second kappa shape index (κ2) is 5.89. The van der Waals surface area contributed by atoms with Crippen molar-refractivity contribution in [2.24, 2.45) is 5.41 Å². The third-order valence-electron chi connectivity index (χ3n) is 3.22. The Morgan fingerprint density at radius 2 is 2.15 bits per heavy atom. The molecule has 2 rings (SSSR count). The van der Waals surface area contributed by atoms with Crippen molar-refractivity contribution in [2.45, 2.75) is 20.3 Å². The number of nitrogens with one attached hydrogen (secondary N) is 1. The zero-order valence-corrected chi connectivity index (χ0v) is 12.4. The summed E-state index contributed by atoms with van der Waals surface area (Å²) in [5.74, 6) is -0.451. The smallest absolute Gasteiger partial charge is 0.261 e. The summed E-state index contributed by atoms with van der Waals surface area (Å²) in [7, 11) is 0. The highest BCUT2D eigenvalue weighted by molar-refractivity contribution is 7.20. The summed E-state index contributed by atoms with van der Waals surface area (Å²) in [4.78, 5) is 12.7. The molecule has 2 N–H and O–H groups in total. The van der Waals surface area contributed by atoms with Crippen LogP contribution >= 0.6 is 11.3 Å². The van der Waals surface area contributed by atoms with E-state index in [1.807, 2.05) is 13.8 Å². The minimum Gasteiger partial charge on any atom is -0.396 e. The Morgan fingerprint density at radius 1 is 1.40 bits per heavy atom. The number of thiophene rings is 1. The molecule has 20 heavy (non-hydrogen) atoms. The van der Waals surface area contributed by atoms with Crippen LogP contribution in [-0.4, -0.2) is 24.2 Å². The summed E-state index contributed by atoms with van der Waals surface area (Å²) in [5.41, 5.74) is -0.146. The van der Waals surface area contributed by atoms with Gasteiger partial charge in [-0.3, -0.25) is 4.79 Å². The van der Waals surface area contributed by atoms with Crippen LogP contribution in [0.15, 0.2) is 24.3 Å². The minimum atomic E-state index is -0.296. The van der Waals surface area contributed by atoms with Gasteiger partial charge in [-0.25, -0.2) is 4.39 Å². The Morgan fingerprint density at radius 3 is 2.85 bits per heavy atom. The van der Waals surface area contributed by atoms with Gasteiger partial charge in [0.25, 0.3) is 5.91 Å². The quantitative estimate of drug-likeness (QED) is 0.890. The van der Waals surface area contributed by atoms with Crippen LogP contribution in [0.1, 0.15) is 29.9 Å². The van der Waals surface area contributed by atoms with Crippen LogP contribution in [0, 0.1) is 11.2 Å². The maximum Gasteiger partial charge on any atom is 0.261 e. The molecule has 0 saturated heterocycles. The Kier molecular flexibility index (Phi) is 4.40. The molecule has 1 amide bonds. The van der Waals surface area contributed by atoms with Crippen LogP contribution in [0.4, 0.5) is 4.39 Å². The number of aliphatic hydroxyl groups excluding tert-OH is 1. The van der Waals surface area contributed by atoms with Crippen molar-refractivity contribution >= 4 is 27.3 Å². The highest BCUT2D eigenvalue weighted by Gasteiger charge is 2.19. The molecular formula is C15H18FNO2S. The molecular weight excluding hydrogens is 277 g/mol. The molecule has 0 aliphatic heterocycles. The molecule has 5 heteroatoms. The van der Waals surface area contributed by atoms with Crippen molar-refractivity contribution in [3.05, 3.63) is 35.0 Å². The summed E-state index contributed by atoms with van der Waals surface area (Å²) >= 11 is 1.28. The molecule has 0 radical (unpaired) electrons. The second-order valence-electron chi connectivity index (χ2n) is 5.61.